The van der Waals surface area contributed by atoms with Crippen molar-refractivity contribution in [3.8, 4) is 10.4 Å². The Hall–Kier alpha value is -0.680. The molecule has 0 saturated carbocycles. The van der Waals surface area contributed by atoms with Crippen LogP contribution in [0.2, 0.25) is 0 Å². The molecule has 102 valence electrons. The molecule has 0 aromatic carbocycles. The van der Waals surface area contributed by atoms with E-state index in [4.69, 9.17) is 0 Å². The van der Waals surface area contributed by atoms with E-state index in [-0.39, 0.29) is 0 Å². The Kier molecular flexibility index (Phi) is 4.66. The first kappa shape index (κ1) is 13.3. The normalized spacial score (nSPS) is 16.2. The number of hydrogen-bond acceptors (Lipinski definition) is 4. The minimum atomic E-state index is 1.00. The fourth-order valence-corrected chi connectivity index (χ4v) is 4.14. The number of nitrogens with zero attached hydrogens (tertiary/aromatic N) is 1. The topological polar surface area (TPSA) is 15.3 Å². The van der Waals surface area contributed by atoms with Gasteiger partial charge in [-0.15, -0.1) is 22.7 Å². The summed E-state index contributed by atoms with van der Waals surface area (Å²) >= 11 is 3.68. The standard InChI is InChI=1S/C15H20N2S2/c1-2-7-17(6-1)8-5-16-11-14-10-13(12-19-14)15-4-3-9-18-15/h3-4,9-10,12,16H,1-2,5-8,11H2. The highest BCUT2D eigenvalue weighted by molar-refractivity contribution is 7.14. The van der Waals surface area contributed by atoms with Gasteiger partial charge in [0.1, 0.15) is 0 Å². The summed E-state index contributed by atoms with van der Waals surface area (Å²) in [6, 6.07) is 6.63. The maximum atomic E-state index is 3.56. The summed E-state index contributed by atoms with van der Waals surface area (Å²) in [5.74, 6) is 0. The maximum absolute atomic E-state index is 3.56. The summed E-state index contributed by atoms with van der Waals surface area (Å²) in [5, 5.41) is 7.97. The lowest BCUT2D eigenvalue weighted by atomic mass is 10.2. The van der Waals surface area contributed by atoms with Gasteiger partial charge in [-0.25, -0.2) is 0 Å². The molecule has 0 spiro atoms. The first-order chi connectivity index (χ1) is 9.42. The minimum absolute atomic E-state index is 1.00. The second-order valence-corrected chi connectivity index (χ2v) is 6.95. The average Bonchev–Trinajstić information content (AvgIpc) is 3.15. The van der Waals surface area contributed by atoms with Gasteiger partial charge >= 0.3 is 0 Å². The van der Waals surface area contributed by atoms with Crippen molar-refractivity contribution in [2.45, 2.75) is 19.4 Å². The molecular weight excluding hydrogens is 272 g/mol. The molecule has 0 atom stereocenters. The lowest BCUT2D eigenvalue weighted by Gasteiger charge is -2.14. The van der Waals surface area contributed by atoms with Crippen molar-refractivity contribution in [2.75, 3.05) is 26.2 Å². The van der Waals surface area contributed by atoms with Crippen LogP contribution >= 0.6 is 22.7 Å². The molecule has 19 heavy (non-hydrogen) atoms. The van der Waals surface area contributed by atoms with E-state index in [9.17, 15) is 0 Å². The Balaban J connectivity index is 1.43. The zero-order valence-electron chi connectivity index (χ0n) is 11.1. The summed E-state index contributed by atoms with van der Waals surface area (Å²) in [5.41, 5.74) is 1.37. The second kappa shape index (κ2) is 6.66. The van der Waals surface area contributed by atoms with Gasteiger partial charge in [0, 0.05) is 35.0 Å². The molecule has 2 aromatic heterocycles. The quantitative estimate of drug-likeness (QED) is 0.817. The van der Waals surface area contributed by atoms with Gasteiger partial charge in [-0.3, -0.25) is 0 Å². The van der Waals surface area contributed by atoms with Crippen molar-refractivity contribution in [1.29, 1.82) is 0 Å². The van der Waals surface area contributed by atoms with Crippen LogP contribution in [0.5, 0.6) is 0 Å². The third-order valence-corrected chi connectivity index (χ3v) is 5.42. The molecule has 1 saturated heterocycles. The smallest absolute Gasteiger partial charge is 0.0351 e. The lowest BCUT2D eigenvalue weighted by molar-refractivity contribution is 0.336. The monoisotopic (exact) mass is 292 g/mol. The SMILES string of the molecule is c1csc(-c2csc(CNCCN3CCCC3)c2)c1. The Morgan fingerprint density at radius 3 is 2.89 bits per heavy atom. The highest BCUT2D eigenvalue weighted by Crippen LogP contribution is 2.29. The highest BCUT2D eigenvalue weighted by Gasteiger charge is 2.10. The van der Waals surface area contributed by atoms with E-state index >= 15 is 0 Å². The Morgan fingerprint density at radius 2 is 2.11 bits per heavy atom. The molecule has 0 amide bonds. The van der Waals surface area contributed by atoms with E-state index in [1.807, 2.05) is 22.7 Å². The van der Waals surface area contributed by atoms with Crippen LogP contribution < -0.4 is 5.32 Å². The molecule has 2 aromatic rings. The van der Waals surface area contributed by atoms with Crippen LogP contribution in [0.4, 0.5) is 0 Å². The van der Waals surface area contributed by atoms with Crippen LogP contribution in [0.1, 0.15) is 17.7 Å². The lowest BCUT2D eigenvalue weighted by Crippen LogP contribution is -2.29. The molecule has 1 aliphatic heterocycles. The van der Waals surface area contributed by atoms with E-state index in [1.54, 1.807) is 0 Å². The molecule has 0 aliphatic carbocycles. The van der Waals surface area contributed by atoms with E-state index in [0.717, 1.165) is 13.1 Å². The number of hydrogen-bond donors (Lipinski definition) is 1. The highest BCUT2D eigenvalue weighted by atomic mass is 32.1. The third kappa shape index (κ3) is 3.66. The fourth-order valence-electron chi connectivity index (χ4n) is 2.50. The summed E-state index contributed by atoms with van der Waals surface area (Å²) < 4.78 is 0. The Bertz CT molecular complexity index is 484. The van der Waals surface area contributed by atoms with Crippen LogP contribution in [0.15, 0.2) is 29.0 Å². The third-order valence-electron chi connectivity index (χ3n) is 3.56. The van der Waals surface area contributed by atoms with Gasteiger partial charge in [0.2, 0.25) is 0 Å². The van der Waals surface area contributed by atoms with Gasteiger partial charge in [-0.2, -0.15) is 0 Å². The zero-order chi connectivity index (χ0) is 12.9. The molecule has 1 aliphatic rings. The number of rotatable bonds is 6. The molecule has 0 radical (unpaired) electrons. The van der Waals surface area contributed by atoms with E-state index in [2.05, 4.69) is 39.2 Å². The van der Waals surface area contributed by atoms with Crippen LogP contribution in [0.3, 0.4) is 0 Å². The molecule has 1 N–H and O–H groups in total. The fraction of sp³-hybridized carbons (Fsp3) is 0.467. The number of nitrogens with one attached hydrogen (secondary N) is 1. The van der Waals surface area contributed by atoms with Crippen molar-refractivity contribution in [1.82, 2.24) is 10.2 Å². The maximum Gasteiger partial charge on any atom is 0.0351 e. The van der Waals surface area contributed by atoms with Gasteiger partial charge < -0.3 is 10.2 Å². The van der Waals surface area contributed by atoms with E-state index in [0.29, 0.717) is 0 Å². The van der Waals surface area contributed by atoms with E-state index in [1.165, 1.54) is 47.8 Å². The summed E-state index contributed by atoms with van der Waals surface area (Å²) in [6.07, 6.45) is 2.77. The molecule has 1 fully saturated rings. The largest absolute Gasteiger partial charge is 0.311 e. The van der Waals surface area contributed by atoms with Gasteiger partial charge in [-0.05, 0) is 48.8 Å². The first-order valence-corrected chi connectivity index (χ1v) is 8.72. The minimum Gasteiger partial charge on any atom is -0.311 e. The molecule has 0 unspecified atom stereocenters. The van der Waals surface area contributed by atoms with Gasteiger partial charge in [0.05, 0.1) is 0 Å². The number of thiophene rings is 2. The molecule has 4 heteroatoms. The molecular formula is C15H20N2S2. The zero-order valence-corrected chi connectivity index (χ0v) is 12.7. The van der Waals surface area contributed by atoms with Crippen LogP contribution in [0, 0.1) is 0 Å². The summed E-state index contributed by atoms with van der Waals surface area (Å²) in [7, 11) is 0. The van der Waals surface area contributed by atoms with Crippen LogP contribution in [-0.2, 0) is 6.54 Å². The summed E-state index contributed by atoms with van der Waals surface area (Å²) in [4.78, 5) is 5.36. The molecule has 0 bridgehead atoms. The molecule has 3 rings (SSSR count). The number of likely N-dealkylation sites (tertiary alicyclic amines) is 1. The van der Waals surface area contributed by atoms with Crippen LogP contribution in [-0.4, -0.2) is 31.1 Å². The summed E-state index contributed by atoms with van der Waals surface area (Å²) in [6.45, 7) is 5.89. The average molecular weight is 292 g/mol. The van der Waals surface area contributed by atoms with Gasteiger partial charge in [-0.1, -0.05) is 6.07 Å². The van der Waals surface area contributed by atoms with E-state index < -0.39 is 0 Å². The second-order valence-electron chi connectivity index (χ2n) is 5.00. The molecule has 2 nitrogen and oxygen atoms in total. The van der Waals surface area contributed by atoms with Crippen LogP contribution in [0.25, 0.3) is 10.4 Å². The van der Waals surface area contributed by atoms with Gasteiger partial charge in [0.25, 0.3) is 0 Å². The van der Waals surface area contributed by atoms with Crippen molar-refractivity contribution in [3.63, 3.8) is 0 Å². The van der Waals surface area contributed by atoms with Gasteiger partial charge in [0.15, 0.2) is 0 Å². The first-order valence-electron chi connectivity index (χ1n) is 6.96. The molecule has 3 heterocycles. The van der Waals surface area contributed by atoms with Crippen molar-refractivity contribution >= 4 is 22.7 Å². The Labute approximate surface area is 123 Å². The predicted octanol–water partition coefficient (Wildman–Crippen LogP) is 3.66. The van der Waals surface area contributed by atoms with Crippen molar-refractivity contribution < 1.29 is 0 Å². The van der Waals surface area contributed by atoms with Crippen molar-refractivity contribution in [3.05, 3.63) is 33.8 Å². The van der Waals surface area contributed by atoms with Crippen molar-refractivity contribution in [2.24, 2.45) is 0 Å². The Morgan fingerprint density at radius 1 is 1.21 bits per heavy atom. The predicted molar refractivity (Wildman–Crippen MR) is 85.0 cm³/mol.